The number of rotatable bonds is 7. The van der Waals surface area contributed by atoms with Crippen LogP contribution in [-0.2, 0) is 26.0 Å². The maximum absolute atomic E-state index is 15.5. The molecule has 2 unspecified atom stereocenters. The van der Waals surface area contributed by atoms with Crippen molar-refractivity contribution >= 4 is 15.9 Å². The number of halogens is 3. The Morgan fingerprint density at radius 2 is 1.85 bits per heavy atom. The molecule has 1 heterocycles. The fraction of sp³-hybridized carbons (Fsp3) is 0.435. The minimum absolute atomic E-state index is 0.0208. The van der Waals surface area contributed by atoms with Gasteiger partial charge in [-0.25, -0.2) is 26.3 Å². The van der Waals surface area contributed by atoms with E-state index in [-0.39, 0.29) is 35.6 Å². The molecule has 33 heavy (non-hydrogen) atoms. The molecule has 2 aromatic rings. The van der Waals surface area contributed by atoms with Gasteiger partial charge in [0.25, 0.3) is 0 Å². The van der Waals surface area contributed by atoms with Crippen LogP contribution in [0.5, 0.6) is 0 Å². The summed E-state index contributed by atoms with van der Waals surface area (Å²) in [5.74, 6) is -2.63. The van der Waals surface area contributed by atoms with Crippen molar-refractivity contribution in [3.63, 3.8) is 0 Å². The van der Waals surface area contributed by atoms with E-state index in [4.69, 9.17) is 4.74 Å². The zero-order valence-corrected chi connectivity index (χ0v) is 19.1. The third kappa shape index (κ3) is 4.92. The molecule has 6 nitrogen and oxygen atoms in total. The average molecular weight is 483 g/mol. The maximum atomic E-state index is 15.5. The van der Waals surface area contributed by atoms with Gasteiger partial charge in [-0.05, 0) is 42.5 Å². The van der Waals surface area contributed by atoms with Crippen LogP contribution >= 0.6 is 0 Å². The van der Waals surface area contributed by atoms with Crippen molar-refractivity contribution < 1.29 is 31.1 Å². The molecule has 1 aliphatic heterocycles. The second kappa shape index (κ2) is 8.73. The molecule has 0 bridgehead atoms. The van der Waals surface area contributed by atoms with Gasteiger partial charge in [0.15, 0.2) is 0 Å². The largest absolute Gasteiger partial charge is 0.375 e. The number of nitrogens with one attached hydrogen (secondary N) is 1. The first-order valence-electron chi connectivity index (χ1n) is 10.5. The van der Waals surface area contributed by atoms with Crippen LogP contribution in [-0.4, -0.2) is 57.8 Å². The van der Waals surface area contributed by atoms with Gasteiger partial charge in [0.1, 0.15) is 24.1 Å². The average Bonchev–Trinajstić information content (AvgIpc) is 3.43. The second-order valence-electron chi connectivity index (χ2n) is 8.89. The molecule has 1 saturated heterocycles. The standard InChI is InChI=1S/C23H25F3N2O4S/c1-32-12-20(29)28-13-23(6-7-23)22(27-33(2,30)31)19(28)10-14-4-3-5-18(21(14)26)15-8-16(24)11-17(25)9-15/h3-5,8-9,11,19,22,27H,6-7,10,12-13H2,1-2H3. The Morgan fingerprint density at radius 3 is 2.42 bits per heavy atom. The quantitative estimate of drug-likeness (QED) is 0.659. The number of carbonyl (C=O) groups excluding carboxylic acids is 1. The summed E-state index contributed by atoms with van der Waals surface area (Å²) in [5, 5.41) is 0. The first-order chi connectivity index (χ1) is 15.5. The van der Waals surface area contributed by atoms with Gasteiger partial charge in [-0.1, -0.05) is 18.2 Å². The number of benzene rings is 2. The number of ether oxygens (including phenoxy) is 1. The van der Waals surface area contributed by atoms with E-state index in [2.05, 4.69) is 4.72 Å². The number of hydrogen-bond donors (Lipinski definition) is 1. The van der Waals surface area contributed by atoms with E-state index in [1.54, 1.807) is 11.0 Å². The zero-order valence-electron chi connectivity index (χ0n) is 18.3. The van der Waals surface area contributed by atoms with Gasteiger partial charge < -0.3 is 9.64 Å². The second-order valence-corrected chi connectivity index (χ2v) is 10.7. The lowest BCUT2D eigenvalue weighted by Crippen LogP contribution is -2.50. The summed E-state index contributed by atoms with van der Waals surface area (Å²) in [6.07, 6.45) is 2.58. The number of carbonyl (C=O) groups is 1. The number of hydrogen-bond acceptors (Lipinski definition) is 4. The summed E-state index contributed by atoms with van der Waals surface area (Å²) >= 11 is 0. The SMILES string of the molecule is COCC(=O)N1CC2(CC2)C(NS(C)(=O)=O)C1Cc1cccc(-c2cc(F)cc(F)c2)c1F. The van der Waals surface area contributed by atoms with Crippen LogP contribution in [0.2, 0.25) is 0 Å². The lowest BCUT2D eigenvalue weighted by molar-refractivity contribution is -0.136. The Bertz CT molecular complexity index is 1160. The molecule has 2 aliphatic rings. The van der Waals surface area contributed by atoms with Crippen molar-refractivity contribution in [2.45, 2.75) is 31.3 Å². The van der Waals surface area contributed by atoms with Crippen molar-refractivity contribution in [1.82, 2.24) is 9.62 Å². The fourth-order valence-corrected chi connectivity index (χ4v) is 5.68. The minimum atomic E-state index is -3.59. The van der Waals surface area contributed by atoms with Gasteiger partial charge in [0.05, 0.1) is 12.3 Å². The predicted molar refractivity (Wildman–Crippen MR) is 116 cm³/mol. The molecular weight excluding hydrogens is 457 g/mol. The van der Waals surface area contributed by atoms with Crippen LogP contribution in [0.15, 0.2) is 36.4 Å². The lowest BCUT2D eigenvalue weighted by atomic mass is 9.91. The topological polar surface area (TPSA) is 75.7 Å². The number of amides is 1. The molecule has 2 atom stereocenters. The highest BCUT2D eigenvalue weighted by Gasteiger charge is 2.61. The van der Waals surface area contributed by atoms with Crippen molar-refractivity contribution in [3.05, 3.63) is 59.4 Å². The summed E-state index contributed by atoms with van der Waals surface area (Å²) in [7, 11) is -2.20. The Balaban J connectivity index is 1.72. The van der Waals surface area contributed by atoms with Crippen molar-refractivity contribution in [2.75, 3.05) is 26.5 Å². The highest BCUT2D eigenvalue weighted by molar-refractivity contribution is 7.88. The first kappa shape index (κ1) is 23.7. The number of methoxy groups -OCH3 is 1. The normalized spacial score (nSPS) is 21.5. The maximum Gasteiger partial charge on any atom is 0.248 e. The predicted octanol–water partition coefficient (Wildman–Crippen LogP) is 2.87. The lowest BCUT2D eigenvalue weighted by Gasteiger charge is -2.29. The van der Waals surface area contributed by atoms with Gasteiger partial charge in [0.2, 0.25) is 15.9 Å². The highest BCUT2D eigenvalue weighted by atomic mass is 32.2. The molecule has 1 saturated carbocycles. The van der Waals surface area contributed by atoms with Crippen LogP contribution in [0.25, 0.3) is 11.1 Å². The molecule has 1 aliphatic carbocycles. The molecule has 1 amide bonds. The Kier molecular flexibility index (Phi) is 6.28. The van der Waals surface area contributed by atoms with Crippen molar-refractivity contribution in [3.8, 4) is 11.1 Å². The molecule has 10 heteroatoms. The summed E-state index contributed by atoms with van der Waals surface area (Å²) in [5.41, 5.74) is -0.102. The summed E-state index contributed by atoms with van der Waals surface area (Å²) in [4.78, 5) is 14.3. The van der Waals surface area contributed by atoms with Crippen molar-refractivity contribution in [1.29, 1.82) is 0 Å². The smallest absolute Gasteiger partial charge is 0.248 e. The van der Waals surface area contributed by atoms with Gasteiger partial charge >= 0.3 is 0 Å². The van der Waals surface area contributed by atoms with Crippen LogP contribution in [0.4, 0.5) is 13.2 Å². The molecule has 1 spiro atoms. The van der Waals surface area contributed by atoms with Gasteiger partial charge in [-0.3, -0.25) is 4.79 Å². The van der Waals surface area contributed by atoms with Crippen LogP contribution in [0.1, 0.15) is 18.4 Å². The molecule has 2 fully saturated rings. The number of sulfonamides is 1. The molecule has 1 N–H and O–H groups in total. The summed E-state index contributed by atoms with van der Waals surface area (Å²) in [6, 6.07) is 6.10. The Labute approximate surface area is 190 Å². The number of nitrogens with zero attached hydrogens (tertiary/aromatic N) is 1. The fourth-order valence-electron chi connectivity index (χ4n) is 4.81. The van der Waals surface area contributed by atoms with Crippen LogP contribution in [0, 0.1) is 22.9 Å². The first-order valence-corrected chi connectivity index (χ1v) is 12.4. The molecule has 178 valence electrons. The molecule has 2 aromatic carbocycles. The van der Waals surface area contributed by atoms with E-state index < -0.39 is 45.0 Å². The van der Waals surface area contributed by atoms with Gasteiger partial charge in [0, 0.05) is 36.7 Å². The summed E-state index contributed by atoms with van der Waals surface area (Å²) < 4.78 is 74.7. The van der Waals surface area contributed by atoms with Gasteiger partial charge in [-0.2, -0.15) is 0 Å². The van der Waals surface area contributed by atoms with E-state index in [9.17, 15) is 22.0 Å². The van der Waals surface area contributed by atoms with Gasteiger partial charge in [-0.15, -0.1) is 0 Å². The van der Waals surface area contributed by atoms with Crippen molar-refractivity contribution in [2.24, 2.45) is 5.41 Å². The van der Waals surface area contributed by atoms with E-state index in [1.165, 1.54) is 19.2 Å². The molecule has 0 aromatic heterocycles. The third-order valence-electron chi connectivity index (χ3n) is 6.43. The highest BCUT2D eigenvalue weighted by Crippen LogP contribution is 2.55. The zero-order chi connectivity index (χ0) is 24.0. The monoisotopic (exact) mass is 482 g/mol. The molecule has 4 rings (SSSR count). The Hall–Kier alpha value is -2.43. The minimum Gasteiger partial charge on any atom is -0.375 e. The summed E-state index contributed by atoms with van der Waals surface area (Å²) in [6.45, 7) is 0.173. The van der Waals surface area contributed by atoms with E-state index in [0.29, 0.717) is 12.6 Å². The Morgan fingerprint density at radius 1 is 1.18 bits per heavy atom. The van der Waals surface area contributed by atoms with E-state index in [0.717, 1.165) is 31.2 Å². The van der Waals surface area contributed by atoms with Crippen LogP contribution in [0.3, 0.4) is 0 Å². The molecule has 0 radical (unpaired) electrons. The van der Waals surface area contributed by atoms with E-state index >= 15 is 4.39 Å². The third-order valence-corrected chi connectivity index (χ3v) is 7.11. The molecular formula is C23H25F3N2O4S. The number of likely N-dealkylation sites (tertiary alicyclic amines) is 1. The van der Waals surface area contributed by atoms with Crippen LogP contribution < -0.4 is 4.72 Å². The van der Waals surface area contributed by atoms with E-state index in [1.807, 2.05) is 0 Å².